The van der Waals surface area contributed by atoms with Crippen molar-refractivity contribution in [2.24, 2.45) is 0 Å². The maximum atomic E-state index is 12.4. The zero-order valence-electron chi connectivity index (χ0n) is 11.6. The minimum Gasteiger partial charge on any atom is -0.393 e. The van der Waals surface area contributed by atoms with Crippen LogP contribution in [0.15, 0.2) is 30.5 Å². The van der Waals surface area contributed by atoms with E-state index in [9.17, 15) is 9.90 Å². The first kappa shape index (κ1) is 14.3. The van der Waals surface area contributed by atoms with E-state index in [0.29, 0.717) is 10.7 Å². The van der Waals surface area contributed by atoms with Crippen molar-refractivity contribution in [3.8, 4) is 0 Å². The number of aliphatic hydroxyl groups is 1. The van der Waals surface area contributed by atoms with Crippen LogP contribution in [0.4, 0.5) is 0 Å². The van der Waals surface area contributed by atoms with Crippen LogP contribution in [0.2, 0.25) is 5.02 Å². The Morgan fingerprint density at radius 2 is 2.00 bits per heavy atom. The predicted octanol–water partition coefficient (Wildman–Crippen LogP) is 2.92. The Morgan fingerprint density at radius 3 is 2.76 bits per heavy atom. The van der Waals surface area contributed by atoms with Gasteiger partial charge in [0.2, 0.25) is 0 Å². The Hall–Kier alpha value is -1.65. The molecule has 110 valence electrons. The van der Waals surface area contributed by atoms with Gasteiger partial charge in [-0.05, 0) is 49.3 Å². The highest BCUT2D eigenvalue weighted by Gasteiger charge is 2.22. The maximum absolute atomic E-state index is 12.4. The fourth-order valence-corrected chi connectivity index (χ4v) is 2.98. The summed E-state index contributed by atoms with van der Waals surface area (Å²) in [6, 6.07) is 7.37. The molecular formula is C16H17ClN2O2. The molecule has 0 saturated heterocycles. The Kier molecular flexibility index (Phi) is 4.08. The lowest BCUT2D eigenvalue weighted by atomic mass is 9.93. The number of hydrogen-bond acceptors (Lipinski definition) is 3. The largest absolute Gasteiger partial charge is 0.393 e. The number of aliphatic hydroxyl groups excluding tert-OH is 1. The first-order valence-corrected chi connectivity index (χ1v) is 7.54. The van der Waals surface area contributed by atoms with E-state index < -0.39 is 0 Å². The summed E-state index contributed by atoms with van der Waals surface area (Å²) in [7, 11) is 0. The molecule has 3 rings (SSSR count). The molecule has 5 heteroatoms. The van der Waals surface area contributed by atoms with Gasteiger partial charge in [-0.15, -0.1) is 0 Å². The van der Waals surface area contributed by atoms with Crippen LogP contribution in [-0.4, -0.2) is 28.1 Å². The number of nitrogens with one attached hydrogen (secondary N) is 1. The van der Waals surface area contributed by atoms with Gasteiger partial charge in [-0.2, -0.15) is 0 Å². The molecule has 0 spiro atoms. The van der Waals surface area contributed by atoms with Gasteiger partial charge in [-0.3, -0.25) is 9.78 Å². The van der Waals surface area contributed by atoms with Crippen LogP contribution in [-0.2, 0) is 0 Å². The fraction of sp³-hybridized carbons (Fsp3) is 0.375. The van der Waals surface area contributed by atoms with E-state index in [-0.39, 0.29) is 18.1 Å². The van der Waals surface area contributed by atoms with Gasteiger partial charge in [0.05, 0.1) is 6.10 Å². The topological polar surface area (TPSA) is 62.2 Å². The van der Waals surface area contributed by atoms with E-state index in [2.05, 4.69) is 10.3 Å². The van der Waals surface area contributed by atoms with Crippen molar-refractivity contribution in [2.45, 2.75) is 37.8 Å². The second-order valence-corrected chi connectivity index (χ2v) is 5.94. The van der Waals surface area contributed by atoms with Crippen molar-refractivity contribution in [2.75, 3.05) is 0 Å². The van der Waals surface area contributed by atoms with Gasteiger partial charge in [-0.25, -0.2) is 0 Å². The normalized spacial score (nSPS) is 22.2. The van der Waals surface area contributed by atoms with Crippen LogP contribution in [0.5, 0.6) is 0 Å². The van der Waals surface area contributed by atoms with E-state index in [1.807, 2.05) is 18.2 Å². The zero-order chi connectivity index (χ0) is 14.8. The average molecular weight is 305 g/mol. The Bertz CT molecular complexity index is 666. The molecule has 2 aromatic rings. The molecular weight excluding hydrogens is 288 g/mol. The lowest BCUT2D eigenvalue weighted by Gasteiger charge is -2.26. The number of hydrogen-bond donors (Lipinski definition) is 2. The Labute approximate surface area is 128 Å². The third-order valence-corrected chi connectivity index (χ3v) is 4.21. The van der Waals surface area contributed by atoms with Crippen molar-refractivity contribution < 1.29 is 9.90 Å². The summed E-state index contributed by atoms with van der Waals surface area (Å²) in [5.74, 6) is -0.163. The molecule has 21 heavy (non-hydrogen) atoms. The van der Waals surface area contributed by atoms with E-state index in [1.54, 1.807) is 12.3 Å². The molecule has 1 aliphatic rings. The number of rotatable bonds is 2. The fourth-order valence-electron chi connectivity index (χ4n) is 2.80. The molecule has 1 heterocycles. The number of amides is 1. The SMILES string of the molecule is O=C(NC1CCC(O)CC1)c1nccc2cc(Cl)ccc12. The number of carbonyl (C=O) groups is 1. The summed E-state index contributed by atoms with van der Waals surface area (Å²) in [6.45, 7) is 0. The highest BCUT2D eigenvalue weighted by Crippen LogP contribution is 2.22. The Balaban J connectivity index is 1.81. The van der Waals surface area contributed by atoms with Gasteiger partial charge in [0.25, 0.3) is 5.91 Å². The van der Waals surface area contributed by atoms with Crippen LogP contribution in [0.1, 0.15) is 36.2 Å². The van der Waals surface area contributed by atoms with Crippen molar-refractivity contribution in [3.63, 3.8) is 0 Å². The first-order valence-electron chi connectivity index (χ1n) is 7.16. The first-order chi connectivity index (χ1) is 10.1. The minimum atomic E-state index is -0.226. The number of aromatic nitrogens is 1. The summed E-state index contributed by atoms with van der Waals surface area (Å²) in [4.78, 5) is 16.6. The summed E-state index contributed by atoms with van der Waals surface area (Å²) < 4.78 is 0. The minimum absolute atomic E-state index is 0.116. The van der Waals surface area contributed by atoms with Crippen molar-refractivity contribution in [1.29, 1.82) is 0 Å². The third-order valence-electron chi connectivity index (χ3n) is 3.97. The number of nitrogens with zero attached hydrogens (tertiary/aromatic N) is 1. The number of pyridine rings is 1. The average Bonchev–Trinajstić information content (AvgIpc) is 2.48. The zero-order valence-corrected chi connectivity index (χ0v) is 12.3. The van der Waals surface area contributed by atoms with E-state index in [1.165, 1.54) is 0 Å². The lowest BCUT2D eigenvalue weighted by Crippen LogP contribution is -2.39. The molecule has 0 radical (unpaired) electrons. The van der Waals surface area contributed by atoms with Gasteiger partial charge in [0.15, 0.2) is 0 Å². The van der Waals surface area contributed by atoms with Gasteiger partial charge in [0, 0.05) is 22.6 Å². The Morgan fingerprint density at radius 1 is 1.24 bits per heavy atom. The molecule has 1 fully saturated rings. The van der Waals surface area contributed by atoms with Crippen LogP contribution in [0.25, 0.3) is 10.8 Å². The number of halogens is 1. The standard InChI is InChI=1S/C16H17ClN2O2/c17-11-1-6-14-10(9-11)7-8-18-15(14)16(21)19-12-2-4-13(20)5-3-12/h1,6-9,12-13,20H,2-5H2,(H,19,21). The number of fused-ring (bicyclic) bond motifs is 1. The van der Waals surface area contributed by atoms with Crippen LogP contribution >= 0.6 is 11.6 Å². The molecule has 4 nitrogen and oxygen atoms in total. The molecule has 0 aliphatic heterocycles. The van der Waals surface area contributed by atoms with Crippen LogP contribution in [0, 0.1) is 0 Å². The summed E-state index contributed by atoms with van der Waals surface area (Å²) in [5, 5.41) is 14.9. The highest BCUT2D eigenvalue weighted by atomic mass is 35.5. The summed E-state index contributed by atoms with van der Waals surface area (Å²) in [6.07, 6.45) is 4.49. The smallest absolute Gasteiger partial charge is 0.270 e. The van der Waals surface area contributed by atoms with Gasteiger partial charge in [0.1, 0.15) is 5.69 Å². The molecule has 1 aliphatic carbocycles. The summed E-state index contributed by atoms with van der Waals surface area (Å²) >= 11 is 5.98. The highest BCUT2D eigenvalue weighted by molar-refractivity contribution is 6.31. The quantitative estimate of drug-likeness (QED) is 0.896. The van der Waals surface area contributed by atoms with E-state index >= 15 is 0 Å². The molecule has 1 aromatic carbocycles. The van der Waals surface area contributed by atoms with E-state index in [0.717, 1.165) is 36.5 Å². The van der Waals surface area contributed by atoms with Crippen molar-refractivity contribution >= 4 is 28.3 Å². The molecule has 0 atom stereocenters. The van der Waals surface area contributed by atoms with Gasteiger partial charge >= 0.3 is 0 Å². The van der Waals surface area contributed by atoms with E-state index in [4.69, 9.17) is 11.6 Å². The lowest BCUT2D eigenvalue weighted by molar-refractivity contribution is 0.0865. The third kappa shape index (κ3) is 3.17. The molecule has 0 unspecified atom stereocenters. The monoisotopic (exact) mass is 304 g/mol. The van der Waals surface area contributed by atoms with Crippen molar-refractivity contribution in [1.82, 2.24) is 10.3 Å². The molecule has 1 aromatic heterocycles. The summed E-state index contributed by atoms with van der Waals surface area (Å²) in [5.41, 5.74) is 0.426. The maximum Gasteiger partial charge on any atom is 0.270 e. The van der Waals surface area contributed by atoms with Crippen LogP contribution in [0.3, 0.4) is 0 Å². The molecule has 1 amide bonds. The van der Waals surface area contributed by atoms with Gasteiger partial charge in [-0.1, -0.05) is 17.7 Å². The number of carbonyl (C=O) groups excluding carboxylic acids is 1. The van der Waals surface area contributed by atoms with Gasteiger partial charge < -0.3 is 10.4 Å². The molecule has 2 N–H and O–H groups in total. The molecule has 1 saturated carbocycles. The second kappa shape index (κ2) is 6.00. The molecule has 0 bridgehead atoms. The van der Waals surface area contributed by atoms with Crippen molar-refractivity contribution in [3.05, 3.63) is 41.2 Å². The number of benzene rings is 1. The van der Waals surface area contributed by atoms with Crippen LogP contribution < -0.4 is 5.32 Å². The predicted molar refractivity (Wildman–Crippen MR) is 82.5 cm³/mol. The second-order valence-electron chi connectivity index (χ2n) is 5.50.